The number of nitrogens with one attached hydrogen (secondary N) is 1. The Hall–Kier alpha value is -1.26. The summed E-state index contributed by atoms with van der Waals surface area (Å²) in [4.78, 5) is 11.9. The maximum absolute atomic E-state index is 11.9. The number of amides is 1. The smallest absolute Gasteiger partial charge is 0.224 e. The molecule has 3 N–H and O–H groups in total. The van der Waals surface area contributed by atoms with Gasteiger partial charge in [0.05, 0.1) is 17.5 Å². The van der Waals surface area contributed by atoms with Crippen LogP contribution in [-0.4, -0.2) is 18.6 Å². The SMILES string of the molecule is Nc1ccc(Cl)cc1NC(=O)CCC1CCCCO1. The summed E-state index contributed by atoms with van der Waals surface area (Å²) >= 11 is 5.87. The van der Waals surface area contributed by atoms with Crippen LogP contribution in [0.3, 0.4) is 0 Å². The summed E-state index contributed by atoms with van der Waals surface area (Å²) in [7, 11) is 0. The molecule has 1 aromatic carbocycles. The van der Waals surface area contributed by atoms with Crippen molar-refractivity contribution in [3.05, 3.63) is 23.2 Å². The molecule has 4 nitrogen and oxygen atoms in total. The minimum absolute atomic E-state index is 0.0526. The molecule has 1 aromatic rings. The van der Waals surface area contributed by atoms with Crippen molar-refractivity contribution in [2.75, 3.05) is 17.7 Å². The first-order chi connectivity index (χ1) is 9.15. The van der Waals surface area contributed by atoms with E-state index in [1.54, 1.807) is 18.2 Å². The van der Waals surface area contributed by atoms with Crippen LogP contribution in [0.2, 0.25) is 5.02 Å². The van der Waals surface area contributed by atoms with Crippen LogP contribution in [0, 0.1) is 0 Å². The van der Waals surface area contributed by atoms with E-state index in [4.69, 9.17) is 22.1 Å². The topological polar surface area (TPSA) is 64.3 Å². The van der Waals surface area contributed by atoms with Gasteiger partial charge in [-0.15, -0.1) is 0 Å². The average molecular weight is 283 g/mol. The van der Waals surface area contributed by atoms with Crippen molar-refractivity contribution in [1.29, 1.82) is 0 Å². The third-order valence-corrected chi connectivity index (χ3v) is 3.49. The van der Waals surface area contributed by atoms with Gasteiger partial charge in [-0.2, -0.15) is 0 Å². The molecule has 1 amide bonds. The molecule has 5 heteroatoms. The molecule has 1 aliphatic rings. The average Bonchev–Trinajstić information content (AvgIpc) is 2.42. The van der Waals surface area contributed by atoms with Gasteiger partial charge in [-0.25, -0.2) is 0 Å². The summed E-state index contributed by atoms with van der Waals surface area (Å²) < 4.78 is 5.60. The Morgan fingerprint density at radius 3 is 3.05 bits per heavy atom. The summed E-state index contributed by atoms with van der Waals surface area (Å²) in [6.07, 6.45) is 4.78. The molecule has 1 unspecified atom stereocenters. The number of rotatable bonds is 4. The molecule has 0 bridgehead atoms. The van der Waals surface area contributed by atoms with Crippen molar-refractivity contribution in [2.24, 2.45) is 0 Å². The van der Waals surface area contributed by atoms with Gasteiger partial charge in [-0.05, 0) is 43.9 Å². The molecule has 1 fully saturated rings. The summed E-state index contributed by atoms with van der Waals surface area (Å²) in [5.74, 6) is -0.0526. The number of ether oxygens (including phenoxy) is 1. The molecule has 19 heavy (non-hydrogen) atoms. The largest absolute Gasteiger partial charge is 0.397 e. The van der Waals surface area contributed by atoms with E-state index in [-0.39, 0.29) is 12.0 Å². The molecule has 0 radical (unpaired) electrons. The van der Waals surface area contributed by atoms with Crippen LogP contribution < -0.4 is 11.1 Å². The number of halogens is 1. The fraction of sp³-hybridized carbons (Fsp3) is 0.500. The zero-order valence-corrected chi connectivity index (χ0v) is 11.6. The highest BCUT2D eigenvalue weighted by Crippen LogP contribution is 2.23. The van der Waals surface area contributed by atoms with Gasteiger partial charge in [0.2, 0.25) is 5.91 Å². The molecule has 1 saturated heterocycles. The number of carbonyl (C=O) groups is 1. The van der Waals surface area contributed by atoms with Gasteiger partial charge < -0.3 is 15.8 Å². The predicted molar refractivity (Wildman–Crippen MR) is 77.3 cm³/mol. The molecular formula is C14H19ClN2O2. The molecular weight excluding hydrogens is 264 g/mol. The Morgan fingerprint density at radius 1 is 1.47 bits per heavy atom. The number of carbonyl (C=O) groups excluding carboxylic acids is 1. The Kier molecular flexibility index (Phi) is 5.05. The second kappa shape index (κ2) is 6.78. The maximum atomic E-state index is 11.9. The maximum Gasteiger partial charge on any atom is 0.224 e. The lowest BCUT2D eigenvalue weighted by atomic mass is 10.0. The van der Waals surface area contributed by atoms with Gasteiger partial charge in [0.15, 0.2) is 0 Å². The highest BCUT2D eigenvalue weighted by molar-refractivity contribution is 6.31. The van der Waals surface area contributed by atoms with E-state index in [0.29, 0.717) is 22.8 Å². The van der Waals surface area contributed by atoms with Crippen molar-refractivity contribution < 1.29 is 9.53 Å². The third-order valence-electron chi connectivity index (χ3n) is 3.26. The second-order valence-corrected chi connectivity index (χ2v) is 5.24. The molecule has 0 spiro atoms. The van der Waals surface area contributed by atoms with Gasteiger partial charge in [0.25, 0.3) is 0 Å². The first-order valence-electron chi connectivity index (χ1n) is 6.61. The number of anilines is 2. The van der Waals surface area contributed by atoms with Crippen molar-refractivity contribution >= 4 is 28.9 Å². The fourth-order valence-electron chi connectivity index (χ4n) is 2.18. The Balaban J connectivity index is 1.81. The molecule has 2 rings (SSSR count). The zero-order chi connectivity index (χ0) is 13.7. The minimum Gasteiger partial charge on any atom is -0.397 e. The molecule has 1 atom stereocenters. The normalized spacial score (nSPS) is 19.1. The van der Waals surface area contributed by atoms with Gasteiger partial charge in [-0.1, -0.05) is 11.6 Å². The molecule has 104 valence electrons. The van der Waals surface area contributed by atoms with Gasteiger partial charge >= 0.3 is 0 Å². The molecule has 1 aliphatic heterocycles. The number of hydrogen-bond acceptors (Lipinski definition) is 3. The van der Waals surface area contributed by atoms with Crippen LogP contribution in [0.25, 0.3) is 0 Å². The number of nitrogens with two attached hydrogens (primary N) is 1. The van der Waals surface area contributed by atoms with E-state index in [1.807, 2.05) is 0 Å². The molecule has 0 aromatic heterocycles. The monoisotopic (exact) mass is 282 g/mol. The third kappa shape index (κ3) is 4.40. The number of hydrogen-bond donors (Lipinski definition) is 2. The van der Waals surface area contributed by atoms with Crippen molar-refractivity contribution in [2.45, 2.75) is 38.2 Å². The Labute approximate surface area is 118 Å². The number of benzene rings is 1. The lowest BCUT2D eigenvalue weighted by molar-refractivity contribution is -0.117. The molecule has 0 aliphatic carbocycles. The lowest BCUT2D eigenvalue weighted by Crippen LogP contribution is -2.22. The number of nitrogen functional groups attached to an aromatic ring is 1. The van der Waals surface area contributed by atoms with Gasteiger partial charge in [0, 0.05) is 18.1 Å². The van der Waals surface area contributed by atoms with E-state index in [9.17, 15) is 4.79 Å². The van der Waals surface area contributed by atoms with Crippen LogP contribution >= 0.6 is 11.6 Å². The minimum atomic E-state index is -0.0526. The molecule has 0 saturated carbocycles. The van der Waals surface area contributed by atoms with Crippen molar-refractivity contribution in [3.63, 3.8) is 0 Å². The van der Waals surface area contributed by atoms with Crippen molar-refractivity contribution in [3.8, 4) is 0 Å². The van der Waals surface area contributed by atoms with Gasteiger partial charge in [0.1, 0.15) is 0 Å². The van der Waals surface area contributed by atoms with Crippen LogP contribution in [0.15, 0.2) is 18.2 Å². The first kappa shape index (κ1) is 14.2. The van der Waals surface area contributed by atoms with Crippen molar-refractivity contribution in [1.82, 2.24) is 0 Å². The quantitative estimate of drug-likeness (QED) is 0.834. The highest BCUT2D eigenvalue weighted by Gasteiger charge is 2.15. The zero-order valence-electron chi connectivity index (χ0n) is 10.8. The Morgan fingerprint density at radius 2 is 2.32 bits per heavy atom. The van der Waals surface area contributed by atoms with Crippen LogP contribution in [-0.2, 0) is 9.53 Å². The Bertz CT molecular complexity index is 445. The van der Waals surface area contributed by atoms with Gasteiger partial charge in [-0.3, -0.25) is 4.79 Å². The van der Waals surface area contributed by atoms with E-state index in [2.05, 4.69) is 5.32 Å². The first-order valence-corrected chi connectivity index (χ1v) is 6.99. The highest BCUT2D eigenvalue weighted by atomic mass is 35.5. The van der Waals surface area contributed by atoms with E-state index < -0.39 is 0 Å². The van der Waals surface area contributed by atoms with Crippen LogP contribution in [0.1, 0.15) is 32.1 Å². The van der Waals surface area contributed by atoms with E-state index in [0.717, 1.165) is 25.9 Å². The summed E-state index contributed by atoms with van der Waals surface area (Å²) in [6.45, 7) is 0.813. The van der Waals surface area contributed by atoms with Crippen LogP contribution in [0.5, 0.6) is 0 Å². The summed E-state index contributed by atoms with van der Waals surface area (Å²) in [5, 5.41) is 3.34. The van der Waals surface area contributed by atoms with Crippen LogP contribution in [0.4, 0.5) is 11.4 Å². The lowest BCUT2D eigenvalue weighted by Gasteiger charge is -2.22. The summed E-state index contributed by atoms with van der Waals surface area (Å²) in [5.41, 5.74) is 6.87. The van der Waals surface area contributed by atoms with E-state index in [1.165, 1.54) is 6.42 Å². The molecule has 1 heterocycles. The second-order valence-electron chi connectivity index (χ2n) is 4.81. The summed E-state index contributed by atoms with van der Waals surface area (Å²) in [6, 6.07) is 5.04. The standard InChI is InChI=1S/C14H19ClN2O2/c15-10-4-6-12(16)13(9-10)17-14(18)7-5-11-3-1-2-8-19-11/h4,6,9,11H,1-3,5,7-8,16H2,(H,17,18). The fourth-order valence-corrected chi connectivity index (χ4v) is 2.35. The predicted octanol–water partition coefficient (Wildman–Crippen LogP) is 3.21. The van der Waals surface area contributed by atoms with E-state index >= 15 is 0 Å².